The number of imidazole rings is 1. The number of rotatable bonds is 6. The Hall–Kier alpha value is -1.61. The van der Waals surface area contributed by atoms with Gasteiger partial charge >= 0.3 is 0 Å². The van der Waals surface area contributed by atoms with Crippen LogP contribution in [0.5, 0.6) is 0 Å². The van der Waals surface area contributed by atoms with E-state index >= 15 is 0 Å². The predicted molar refractivity (Wildman–Crippen MR) is 88.2 cm³/mol. The molecule has 21 heavy (non-hydrogen) atoms. The molecule has 0 aliphatic heterocycles. The van der Waals surface area contributed by atoms with E-state index < -0.39 is 0 Å². The molecule has 0 aliphatic carbocycles. The fourth-order valence-electron chi connectivity index (χ4n) is 2.67. The molecule has 0 bridgehead atoms. The molecule has 1 unspecified atom stereocenters. The molecule has 1 heterocycles. The van der Waals surface area contributed by atoms with E-state index in [4.69, 9.17) is 5.73 Å². The van der Waals surface area contributed by atoms with Crippen molar-refractivity contribution in [3.63, 3.8) is 0 Å². The van der Waals surface area contributed by atoms with Crippen molar-refractivity contribution in [3.05, 3.63) is 53.6 Å². The van der Waals surface area contributed by atoms with Gasteiger partial charge in [-0.25, -0.2) is 4.98 Å². The van der Waals surface area contributed by atoms with Crippen molar-refractivity contribution in [1.82, 2.24) is 9.55 Å². The van der Waals surface area contributed by atoms with E-state index in [2.05, 4.69) is 61.5 Å². The van der Waals surface area contributed by atoms with Crippen molar-refractivity contribution >= 4 is 0 Å². The summed E-state index contributed by atoms with van der Waals surface area (Å²) in [6.07, 6.45) is 4.99. The molecule has 0 amide bonds. The van der Waals surface area contributed by atoms with Crippen LogP contribution in [-0.2, 0) is 13.0 Å². The molecule has 2 rings (SSSR count). The predicted octanol–water partition coefficient (Wildman–Crippen LogP) is 3.91. The lowest BCUT2D eigenvalue weighted by atomic mass is 9.99. The summed E-state index contributed by atoms with van der Waals surface area (Å²) in [6.45, 7) is 9.57. The highest BCUT2D eigenvalue weighted by atomic mass is 15.1. The quantitative estimate of drug-likeness (QED) is 0.874. The summed E-state index contributed by atoms with van der Waals surface area (Å²) in [6, 6.07) is 8.73. The summed E-state index contributed by atoms with van der Waals surface area (Å²) in [5.41, 5.74) is 8.92. The van der Waals surface area contributed by atoms with Crippen molar-refractivity contribution in [2.24, 2.45) is 11.7 Å². The lowest BCUT2D eigenvalue weighted by Crippen LogP contribution is -2.19. The molecule has 0 aliphatic rings. The zero-order valence-corrected chi connectivity index (χ0v) is 13.6. The number of benzene rings is 1. The Bertz CT molecular complexity index is 552. The Kier molecular flexibility index (Phi) is 5.18. The first-order chi connectivity index (χ1) is 9.97. The van der Waals surface area contributed by atoms with Crippen LogP contribution < -0.4 is 5.73 Å². The zero-order chi connectivity index (χ0) is 15.4. The SMILES string of the molecule is CC(C)Cc1ccc(C(N)Cn2ccnc2C(C)C)cc1. The fourth-order valence-corrected chi connectivity index (χ4v) is 2.67. The van der Waals surface area contributed by atoms with Crippen molar-refractivity contribution in [3.8, 4) is 0 Å². The number of aromatic nitrogens is 2. The minimum atomic E-state index is 0.00444. The maximum absolute atomic E-state index is 6.36. The van der Waals surface area contributed by atoms with Crippen molar-refractivity contribution in [2.75, 3.05) is 0 Å². The maximum atomic E-state index is 6.36. The second-order valence-electron chi connectivity index (χ2n) is 6.54. The second kappa shape index (κ2) is 6.90. The average Bonchev–Trinajstić information content (AvgIpc) is 2.87. The van der Waals surface area contributed by atoms with Gasteiger partial charge in [0.25, 0.3) is 0 Å². The molecule has 114 valence electrons. The average molecular weight is 285 g/mol. The summed E-state index contributed by atoms with van der Waals surface area (Å²) >= 11 is 0. The van der Waals surface area contributed by atoms with Crippen LogP contribution in [0.1, 0.15) is 56.6 Å². The highest BCUT2D eigenvalue weighted by Gasteiger charge is 2.12. The number of nitrogens with zero attached hydrogens (tertiary/aromatic N) is 2. The lowest BCUT2D eigenvalue weighted by molar-refractivity contribution is 0.541. The van der Waals surface area contributed by atoms with Crippen molar-refractivity contribution in [2.45, 2.75) is 52.6 Å². The third-order valence-electron chi connectivity index (χ3n) is 3.71. The van der Waals surface area contributed by atoms with Gasteiger partial charge < -0.3 is 10.3 Å². The Morgan fingerprint density at radius 1 is 1.10 bits per heavy atom. The Morgan fingerprint density at radius 3 is 2.33 bits per heavy atom. The standard InChI is InChI=1S/C18H27N3/c1-13(2)11-15-5-7-16(8-6-15)17(19)12-21-10-9-20-18(21)14(3)4/h5-10,13-14,17H,11-12,19H2,1-4H3. The van der Waals surface area contributed by atoms with Gasteiger partial charge in [0.1, 0.15) is 5.82 Å². The Balaban J connectivity index is 2.06. The highest BCUT2D eigenvalue weighted by molar-refractivity contribution is 5.25. The van der Waals surface area contributed by atoms with Crippen LogP contribution in [0.2, 0.25) is 0 Å². The molecule has 2 aromatic rings. The number of nitrogens with two attached hydrogens (primary N) is 1. The second-order valence-corrected chi connectivity index (χ2v) is 6.54. The van der Waals surface area contributed by atoms with Gasteiger partial charge in [0.2, 0.25) is 0 Å². The smallest absolute Gasteiger partial charge is 0.111 e. The van der Waals surface area contributed by atoms with E-state index in [1.54, 1.807) is 0 Å². The van der Waals surface area contributed by atoms with E-state index in [1.165, 1.54) is 11.1 Å². The third kappa shape index (κ3) is 4.18. The fraction of sp³-hybridized carbons (Fsp3) is 0.500. The first-order valence-corrected chi connectivity index (χ1v) is 7.82. The molecule has 0 spiro atoms. The van der Waals surface area contributed by atoms with E-state index in [0.717, 1.165) is 18.8 Å². The molecule has 3 nitrogen and oxygen atoms in total. The maximum Gasteiger partial charge on any atom is 0.111 e. The Morgan fingerprint density at radius 2 is 1.76 bits per heavy atom. The van der Waals surface area contributed by atoms with Crippen LogP contribution >= 0.6 is 0 Å². The molecule has 3 heteroatoms. The topological polar surface area (TPSA) is 43.8 Å². The third-order valence-corrected chi connectivity index (χ3v) is 3.71. The van der Waals surface area contributed by atoms with Crippen LogP contribution in [0.3, 0.4) is 0 Å². The Labute approximate surface area is 128 Å². The first kappa shape index (κ1) is 15.8. The molecular weight excluding hydrogens is 258 g/mol. The van der Waals surface area contributed by atoms with Crippen molar-refractivity contribution < 1.29 is 0 Å². The van der Waals surface area contributed by atoms with Crippen LogP contribution in [0.25, 0.3) is 0 Å². The van der Waals surface area contributed by atoms with Gasteiger partial charge in [-0.05, 0) is 23.5 Å². The minimum absolute atomic E-state index is 0.00444. The summed E-state index contributed by atoms with van der Waals surface area (Å²) < 4.78 is 2.16. The van der Waals surface area contributed by atoms with Crippen LogP contribution in [0, 0.1) is 5.92 Å². The molecule has 0 fully saturated rings. The van der Waals surface area contributed by atoms with Crippen molar-refractivity contribution in [1.29, 1.82) is 0 Å². The number of hydrogen-bond acceptors (Lipinski definition) is 2. The van der Waals surface area contributed by atoms with E-state index in [9.17, 15) is 0 Å². The molecule has 0 radical (unpaired) electrons. The molecule has 1 atom stereocenters. The van der Waals surface area contributed by atoms with Gasteiger partial charge in [0.05, 0.1) is 0 Å². The van der Waals surface area contributed by atoms with Gasteiger partial charge in [0, 0.05) is 30.9 Å². The van der Waals surface area contributed by atoms with E-state index in [0.29, 0.717) is 11.8 Å². The summed E-state index contributed by atoms with van der Waals surface area (Å²) in [5, 5.41) is 0. The molecule has 1 aromatic heterocycles. The monoisotopic (exact) mass is 285 g/mol. The molecule has 0 saturated heterocycles. The van der Waals surface area contributed by atoms with E-state index in [-0.39, 0.29) is 6.04 Å². The molecule has 2 N–H and O–H groups in total. The van der Waals surface area contributed by atoms with Crippen LogP contribution in [-0.4, -0.2) is 9.55 Å². The van der Waals surface area contributed by atoms with Crippen LogP contribution in [0.4, 0.5) is 0 Å². The lowest BCUT2D eigenvalue weighted by Gasteiger charge is -2.17. The molecule has 1 aromatic carbocycles. The summed E-state index contributed by atoms with van der Waals surface area (Å²) in [7, 11) is 0. The zero-order valence-electron chi connectivity index (χ0n) is 13.6. The van der Waals surface area contributed by atoms with Gasteiger partial charge in [0.15, 0.2) is 0 Å². The minimum Gasteiger partial charge on any atom is -0.333 e. The molecular formula is C18H27N3. The first-order valence-electron chi connectivity index (χ1n) is 7.82. The summed E-state index contributed by atoms with van der Waals surface area (Å²) in [5.74, 6) is 2.20. The largest absolute Gasteiger partial charge is 0.333 e. The van der Waals surface area contributed by atoms with Gasteiger partial charge in [-0.2, -0.15) is 0 Å². The van der Waals surface area contributed by atoms with Gasteiger partial charge in [-0.1, -0.05) is 52.0 Å². The number of hydrogen-bond donors (Lipinski definition) is 1. The van der Waals surface area contributed by atoms with Crippen LogP contribution in [0.15, 0.2) is 36.7 Å². The van der Waals surface area contributed by atoms with E-state index in [1.807, 2.05) is 12.4 Å². The van der Waals surface area contributed by atoms with Gasteiger partial charge in [-0.15, -0.1) is 0 Å². The summed E-state index contributed by atoms with van der Waals surface area (Å²) in [4.78, 5) is 4.42. The van der Waals surface area contributed by atoms with Gasteiger partial charge in [-0.3, -0.25) is 0 Å². The molecule has 0 saturated carbocycles. The highest BCUT2D eigenvalue weighted by Crippen LogP contribution is 2.18. The normalized spacial score (nSPS) is 13.1.